The van der Waals surface area contributed by atoms with E-state index in [1.54, 1.807) is 23.2 Å². The first kappa shape index (κ1) is 25.0. The predicted molar refractivity (Wildman–Crippen MR) is 141 cm³/mol. The van der Waals surface area contributed by atoms with Crippen molar-refractivity contribution < 1.29 is 23.1 Å². The molecule has 1 saturated carbocycles. The molecule has 3 amide bonds. The minimum Gasteiger partial charge on any atom is -0.437 e. The van der Waals surface area contributed by atoms with Crippen LogP contribution in [0.4, 0.5) is 24.2 Å². The number of carbonyl (C=O) groups excluding carboxylic acids is 2. The Bertz CT molecular complexity index is 1480. The zero-order valence-electron chi connectivity index (χ0n) is 21.9. The topological polar surface area (TPSA) is 101 Å². The molecule has 0 bridgehead atoms. The molecule has 208 valence electrons. The smallest absolute Gasteiger partial charge is 0.413 e. The predicted octanol–water partition coefficient (Wildman–Crippen LogP) is 5.32. The molecule has 1 spiro atoms. The molecule has 3 aliphatic heterocycles. The van der Waals surface area contributed by atoms with Gasteiger partial charge < -0.3 is 19.5 Å². The van der Waals surface area contributed by atoms with Crippen molar-refractivity contribution in [3.05, 3.63) is 77.0 Å². The summed E-state index contributed by atoms with van der Waals surface area (Å²) >= 11 is 0. The number of nitrogens with zero attached hydrogens (tertiary/aromatic N) is 4. The Morgan fingerprint density at radius 3 is 2.65 bits per heavy atom. The highest BCUT2D eigenvalue weighted by Crippen LogP contribution is 2.44. The number of ether oxygens (including phenoxy) is 1. The third kappa shape index (κ3) is 4.28. The third-order valence-electron chi connectivity index (χ3n) is 8.82. The second-order valence-electron chi connectivity index (χ2n) is 11.2. The van der Waals surface area contributed by atoms with Crippen LogP contribution in [0.15, 0.2) is 42.7 Å². The van der Waals surface area contributed by atoms with Gasteiger partial charge in [0.1, 0.15) is 17.2 Å². The Hall–Kier alpha value is -4.02. The number of rotatable bonds is 3. The van der Waals surface area contributed by atoms with Crippen LogP contribution < -0.4 is 10.6 Å². The number of imidazole rings is 1. The number of nitrogens with one attached hydrogen (secondary N) is 2. The minimum atomic E-state index is -0.847. The first-order valence-electron chi connectivity index (χ1n) is 13.9. The summed E-state index contributed by atoms with van der Waals surface area (Å²) in [5.74, 6) is -0.214. The summed E-state index contributed by atoms with van der Waals surface area (Å²) in [6.07, 6.45) is 7.16. The van der Waals surface area contributed by atoms with Crippen LogP contribution in [-0.4, -0.2) is 44.6 Å². The molecular weight excluding hydrogens is 518 g/mol. The van der Waals surface area contributed by atoms with Crippen molar-refractivity contribution in [2.75, 3.05) is 18.4 Å². The summed E-state index contributed by atoms with van der Waals surface area (Å²) in [7, 11) is 0. The normalized spacial score (nSPS) is 23.4. The van der Waals surface area contributed by atoms with Gasteiger partial charge in [-0.15, -0.1) is 0 Å². The molecule has 1 aliphatic carbocycles. The highest BCUT2D eigenvalue weighted by Gasteiger charge is 2.46. The summed E-state index contributed by atoms with van der Waals surface area (Å²) in [6, 6.07) is 7.47. The number of fused-ring (bicyclic) bond motifs is 3. The van der Waals surface area contributed by atoms with E-state index in [0.717, 1.165) is 36.0 Å². The van der Waals surface area contributed by atoms with Gasteiger partial charge in [-0.3, -0.25) is 5.32 Å². The molecule has 2 fully saturated rings. The fraction of sp³-hybridized carbons (Fsp3) is 0.448. The third-order valence-corrected chi connectivity index (χ3v) is 8.82. The molecule has 1 saturated heterocycles. The van der Waals surface area contributed by atoms with Gasteiger partial charge in [-0.2, -0.15) is 0 Å². The zero-order chi connectivity index (χ0) is 27.4. The summed E-state index contributed by atoms with van der Waals surface area (Å²) in [6.45, 7) is 1.30. The van der Waals surface area contributed by atoms with Gasteiger partial charge >= 0.3 is 12.1 Å². The lowest BCUT2D eigenvalue weighted by Crippen LogP contribution is -2.52. The van der Waals surface area contributed by atoms with Crippen LogP contribution in [0.3, 0.4) is 0 Å². The molecule has 4 aliphatic rings. The number of benzene rings is 1. The Balaban J connectivity index is 1.10. The number of aromatic nitrogens is 3. The molecule has 11 heteroatoms. The van der Waals surface area contributed by atoms with Crippen LogP contribution in [0.25, 0.3) is 0 Å². The van der Waals surface area contributed by atoms with E-state index in [-0.39, 0.29) is 18.0 Å². The molecule has 0 radical (unpaired) electrons. The van der Waals surface area contributed by atoms with Gasteiger partial charge in [0.2, 0.25) is 0 Å². The van der Waals surface area contributed by atoms with E-state index >= 15 is 0 Å². The van der Waals surface area contributed by atoms with Gasteiger partial charge in [-0.05, 0) is 49.4 Å². The van der Waals surface area contributed by atoms with Gasteiger partial charge in [-0.25, -0.2) is 28.3 Å². The van der Waals surface area contributed by atoms with Crippen molar-refractivity contribution in [2.24, 2.45) is 0 Å². The molecule has 0 unspecified atom stereocenters. The number of hydrogen-bond acceptors (Lipinski definition) is 5. The average molecular weight is 549 g/mol. The summed E-state index contributed by atoms with van der Waals surface area (Å²) in [5.41, 5.74) is 1.46. The fourth-order valence-corrected chi connectivity index (χ4v) is 6.53. The van der Waals surface area contributed by atoms with Crippen molar-refractivity contribution in [3.63, 3.8) is 0 Å². The first-order chi connectivity index (χ1) is 19.4. The molecule has 2 N–H and O–H groups in total. The quantitative estimate of drug-likeness (QED) is 0.462. The van der Waals surface area contributed by atoms with Crippen molar-refractivity contribution >= 4 is 17.9 Å². The fourth-order valence-electron chi connectivity index (χ4n) is 6.53. The van der Waals surface area contributed by atoms with E-state index in [1.165, 1.54) is 0 Å². The lowest BCUT2D eigenvalue weighted by atomic mass is 9.83. The van der Waals surface area contributed by atoms with Crippen LogP contribution in [0.1, 0.15) is 79.0 Å². The van der Waals surface area contributed by atoms with E-state index in [0.29, 0.717) is 62.6 Å². The minimum absolute atomic E-state index is 0.218. The molecule has 5 heterocycles. The first-order valence-corrected chi connectivity index (χ1v) is 13.9. The standard InChI is InChI=1S/C29H30F2N6O3/c30-21-5-1-3-19(24(21)31)18-8-9-22(26-33-15-23(17-6-7-17)37(26)16-18)34-27(38)36-13-10-29(11-14-36)20-4-2-12-32-25(20)35-28(39)40-29/h1-5,12,15,17-18,22H,6-11,13-14,16H2,(H,34,38)(H,32,35,39)/t18-,22-/m1/s1. The van der Waals surface area contributed by atoms with E-state index in [1.807, 2.05) is 18.3 Å². The number of anilines is 1. The molecule has 40 heavy (non-hydrogen) atoms. The number of piperidine rings is 1. The van der Waals surface area contributed by atoms with Gasteiger partial charge in [-0.1, -0.05) is 12.1 Å². The summed E-state index contributed by atoms with van der Waals surface area (Å²) < 4.78 is 36.8. The average Bonchev–Trinajstić information content (AvgIpc) is 3.74. The van der Waals surface area contributed by atoms with E-state index in [4.69, 9.17) is 9.72 Å². The second kappa shape index (κ2) is 9.57. The largest absolute Gasteiger partial charge is 0.437 e. The Morgan fingerprint density at radius 2 is 1.85 bits per heavy atom. The number of carbonyl (C=O) groups is 2. The summed E-state index contributed by atoms with van der Waals surface area (Å²) in [5, 5.41) is 5.83. The number of halogens is 2. The van der Waals surface area contributed by atoms with Crippen molar-refractivity contribution in [2.45, 2.75) is 68.5 Å². The van der Waals surface area contributed by atoms with Crippen molar-refractivity contribution in [1.29, 1.82) is 0 Å². The van der Waals surface area contributed by atoms with Gasteiger partial charge in [0.15, 0.2) is 11.6 Å². The molecule has 2 aromatic heterocycles. The molecule has 3 aromatic rings. The summed E-state index contributed by atoms with van der Waals surface area (Å²) in [4.78, 5) is 36.5. The Kier molecular flexibility index (Phi) is 5.97. The SMILES string of the molecule is O=C1Nc2ncccc2C2(CCN(C(=O)N[C@@H]3CC[C@@H](c4cccc(F)c4F)Cn4c(C5CC5)cnc43)CC2)O1. The van der Waals surface area contributed by atoms with Crippen LogP contribution >= 0.6 is 0 Å². The lowest BCUT2D eigenvalue weighted by molar-refractivity contribution is -0.0308. The molecule has 1 aromatic carbocycles. The molecule has 9 nitrogen and oxygen atoms in total. The molecule has 7 rings (SSSR count). The molecule has 2 atom stereocenters. The highest BCUT2D eigenvalue weighted by molar-refractivity contribution is 5.87. The van der Waals surface area contributed by atoms with Gasteiger partial charge in [0.05, 0.1) is 6.04 Å². The number of hydrogen-bond donors (Lipinski definition) is 2. The maximum absolute atomic E-state index is 14.8. The van der Waals surface area contributed by atoms with Gasteiger partial charge in [0, 0.05) is 68.0 Å². The Morgan fingerprint density at radius 1 is 1.05 bits per heavy atom. The van der Waals surface area contributed by atoms with Crippen LogP contribution in [-0.2, 0) is 16.9 Å². The maximum Gasteiger partial charge on any atom is 0.413 e. The number of amides is 3. The van der Waals surface area contributed by atoms with Crippen LogP contribution in [0.2, 0.25) is 0 Å². The molecular formula is C29H30F2N6O3. The Labute approximate surface area is 229 Å². The van der Waals surface area contributed by atoms with Crippen molar-refractivity contribution in [3.8, 4) is 0 Å². The number of urea groups is 1. The maximum atomic E-state index is 14.8. The van der Waals surface area contributed by atoms with Crippen LogP contribution in [0, 0.1) is 11.6 Å². The lowest BCUT2D eigenvalue weighted by Gasteiger charge is -2.43. The number of pyridine rings is 1. The van der Waals surface area contributed by atoms with E-state index in [9.17, 15) is 18.4 Å². The highest BCUT2D eigenvalue weighted by atomic mass is 19.2. The second-order valence-corrected chi connectivity index (χ2v) is 11.2. The number of likely N-dealkylation sites (tertiary alicyclic amines) is 1. The monoisotopic (exact) mass is 548 g/mol. The zero-order valence-corrected chi connectivity index (χ0v) is 21.9. The van der Waals surface area contributed by atoms with E-state index < -0.39 is 23.3 Å². The van der Waals surface area contributed by atoms with Crippen molar-refractivity contribution in [1.82, 2.24) is 24.8 Å². The van der Waals surface area contributed by atoms with E-state index in [2.05, 4.69) is 20.2 Å². The van der Waals surface area contributed by atoms with Crippen LogP contribution in [0.5, 0.6) is 0 Å². The van der Waals surface area contributed by atoms with Gasteiger partial charge in [0.25, 0.3) is 0 Å².